The van der Waals surface area contributed by atoms with Gasteiger partial charge in [0.1, 0.15) is 0 Å². The summed E-state index contributed by atoms with van der Waals surface area (Å²) in [4.78, 5) is 4.64. The van der Waals surface area contributed by atoms with Gasteiger partial charge in [-0.15, -0.1) is 0 Å². The Kier molecular flexibility index (Phi) is 4.94. The lowest BCUT2D eigenvalue weighted by atomic mass is 10.00. The second kappa shape index (κ2) is 7.02. The Balaban J connectivity index is 2.20. The van der Waals surface area contributed by atoms with Crippen LogP contribution in [0.2, 0.25) is 5.04 Å². The van der Waals surface area contributed by atoms with Crippen LogP contribution in [0.1, 0.15) is 43.7 Å². The average molecular weight is 365 g/mol. The summed E-state index contributed by atoms with van der Waals surface area (Å²) in [6.07, 6.45) is 1.09. The van der Waals surface area contributed by atoms with Gasteiger partial charge in [0.15, 0.2) is 21.5 Å². The fourth-order valence-electron chi connectivity index (χ4n) is 2.89. The quantitative estimate of drug-likeness (QED) is 0.659. The van der Waals surface area contributed by atoms with Crippen LogP contribution in [0.5, 0.6) is 0 Å². The first-order chi connectivity index (χ1) is 12.3. The molecule has 3 rings (SSSR count). The fourth-order valence-corrected chi connectivity index (χ4v) is 3.80. The van der Waals surface area contributed by atoms with Gasteiger partial charge < -0.3 is 4.43 Å². The molecule has 0 fully saturated rings. The van der Waals surface area contributed by atoms with Crippen molar-refractivity contribution < 1.29 is 4.43 Å². The molecule has 0 aliphatic rings. The van der Waals surface area contributed by atoms with Gasteiger partial charge in [-0.2, -0.15) is 10.4 Å². The minimum atomic E-state index is -0.889. The number of aryl methyl sites for hydroxylation is 2. The van der Waals surface area contributed by atoms with Crippen LogP contribution in [0, 0.1) is 25.2 Å². The Labute approximate surface area is 156 Å². The predicted molar refractivity (Wildman–Crippen MR) is 106 cm³/mol. The highest BCUT2D eigenvalue weighted by Gasteiger charge is 2.25. The number of fused-ring (bicyclic) bond motifs is 1. The summed E-state index contributed by atoms with van der Waals surface area (Å²) >= 11 is 0. The molecule has 0 aliphatic heterocycles. The van der Waals surface area contributed by atoms with E-state index in [0.717, 1.165) is 28.2 Å². The Hall–Kier alpha value is -2.49. The zero-order valence-electron chi connectivity index (χ0n) is 15.9. The Bertz CT molecular complexity index is 964. The number of nitrogens with zero attached hydrogens (tertiary/aromatic N) is 4. The molecule has 6 heteroatoms. The molecule has 5 nitrogen and oxygen atoms in total. The number of hydrogen-bond donors (Lipinski definition) is 0. The molecule has 0 saturated carbocycles. The lowest BCUT2D eigenvalue weighted by molar-refractivity contribution is 0.264. The monoisotopic (exact) mass is 364 g/mol. The molecule has 0 N–H and O–H groups in total. The third-order valence-electron chi connectivity index (χ3n) is 4.15. The van der Waals surface area contributed by atoms with E-state index in [9.17, 15) is 5.26 Å². The first-order valence-electron chi connectivity index (χ1n) is 8.72. The lowest BCUT2D eigenvalue weighted by Crippen LogP contribution is -2.18. The lowest BCUT2D eigenvalue weighted by Gasteiger charge is -2.23. The zero-order valence-corrected chi connectivity index (χ0v) is 17.4. The summed E-state index contributed by atoms with van der Waals surface area (Å²) in [7, 11) is -0.889. The van der Waals surface area contributed by atoms with Crippen molar-refractivity contribution in [3.63, 3.8) is 0 Å². The second-order valence-corrected chi connectivity index (χ2v) is 10.6. The number of hydrogen-bond acceptors (Lipinski definition) is 4. The largest absolute Gasteiger partial charge is 0.405 e. The molecule has 1 aromatic carbocycles. The molecule has 3 aromatic rings. The van der Waals surface area contributed by atoms with Crippen LogP contribution in [0.25, 0.3) is 16.9 Å². The summed E-state index contributed by atoms with van der Waals surface area (Å²) in [5.41, 5.74) is 5.46. The van der Waals surface area contributed by atoms with Crippen molar-refractivity contribution >= 4 is 15.4 Å². The third kappa shape index (κ3) is 3.69. The van der Waals surface area contributed by atoms with Crippen molar-refractivity contribution in [3.05, 3.63) is 53.3 Å². The van der Waals surface area contributed by atoms with E-state index < -0.39 is 15.9 Å². The van der Waals surface area contributed by atoms with Gasteiger partial charge >= 0.3 is 0 Å². The van der Waals surface area contributed by atoms with E-state index in [-0.39, 0.29) is 5.04 Å². The van der Waals surface area contributed by atoms with E-state index in [0.29, 0.717) is 0 Å². The smallest absolute Gasteiger partial charge is 0.169 e. The molecular weight excluding hydrogens is 340 g/mol. The van der Waals surface area contributed by atoms with Crippen molar-refractivity contribution in [2.75, 3.05) is 0 Å². The van der Waals surface area contributed by atoms with E-state index in [2.05, 4.69) is 68.1 Å². The molecule has 2 heterocycles. The van der Waals surface area contributed by atoms with E-state index in [1.54, 1.807) is 10.7 Å². The van der Waals surface area contributed by atoms with Crippen molar-refractivity contribution in [2.24, 2.45) is 0 Å². The molecule has 0 bridgehead atoms. The second-order valence-electron chi connectivity index (χ2n) is 7.81. The first-order valence-corrected chi connectivity index (χ1v) is 10.0. The van der Waals surface area contributed by atoms with E-state index in [1.165, 1.54) is 5.56 Å². The number of benzene rings is 1. The number of aromatic nitrogens is 3. The van der Waals surface area contributed by atoms with Crippen LogP contribution in [-0.4, -0.2) is 24.4 Å². The molecule has 1 atom stereocenters. The first kappa shape index (κ1) is 18.3. The van der Waals surface area contributed by atoms with Gasteiger partial charge in [0.25, 0.3) is 0 Å². The van der Waals surface area contributed by atoms with Gasteiger partial charge in [0, 0.05) is 22.9 Å². The molecule has 134 valence electrons. The highest BCUT2D eigenvalue weighted by molar-refractivity contribution is 6.31. The Morgan fingerprint density at radius 1 is 1.15 bits per heavy atom. The molecule has 0 aliphatic carbocycles. The maximum absolute atomic E-state index is 9.83. The molecule has 0 saturated heterocycles. The van der Waals surface area contributed by atoms with Crippen LogP contribution in [0.3, 0.4) is 0 Å². The van der Waals surface area contributed by atoms with Crippen LogP contribution in [0.4, 0.5) is 0 Å². The van der Waals surface area contributed by atoms with Crippen molar-refractivity contribution in [1.29, 1.82) is 5.26 Å². The summed E-state index contributed by atoms with van der Waals surface area (Å²) in [5, 5.41) is 14.4. The Morgan fingerprint density at radius 3 is 2.46 bits per heavy atom. The van der Waals surface area contributed by atoms with Crippen molar-refractivity contribution in [2.45, 2.75) is 45.8 Å². The maximum atomic E-state index is 9.83. The van der Waals surface area contributed by atoms with Crippen molar-refractivity contribution in [3.8, 4) is 17.3 Å². The summed E-state index contributed by atoms with van der Waals surface area (Å²) in [5.74, 6) is 0. The standard InChI is InChI=1S/C20H24N4OSi/c1-13-6-8-15(9-7-13)19-18(16(12-21)25-26-20(3,4)5)14(2)23-17-10-11-22-24(17)19/h6-11,16H,26H2,1-5H3. The summed E-state index contributed by atoms with van der Waals surface area (Å²) in [6.45, 7) is 10.4. The average Bonchev–Trinajstić information content (AvgIpc) is 3.03. The summed E-state index contributed by atoms with van der Waals surface area (Å²) < 4.78 is 7.94. The molecule has 0 amide bonds. The summed E-state index contributed by atoms with van der Waals surface area (Å²) in [6, 6.07) is 12.5. The number of rotatable bonds is 4. The van der Waals surface area contributed by atoms with Gasteiger partial charge in [-0.05, 0) is 18.9 Å². The van der Waals surface area contributed by atoms with Gasteiger partial charge in [0.2, 0.25) is 0 Å². The normalized spacial score (nSPS) is 13.4. The molecular formula is C20H24N4OSi. The van der Waals surface area contributed by atoms with Crippen molar-refractivity contribution in [1.82, 2.24) is 14.6 Å². The Morgan fingerprint density at radius 2 is 1.85 bits per heavy atom. The predicted octanol–water partition coefficient (Wildman–Crippen LogP) is 3.90. The van der Waals surface area contributed by atoms with Crippen LogP contribution < -0.4 is 0 Å². The molecule has 0 spiro atoms. The third-order valence-corrected chi connectivity index (χ3v) is 5.52. The van der Waals surface area contributed by atoms with Crippen LogP contribution in [-0.2, 0) is 4.43 Å². The van der Waals surface area contributed by atoms with E-state index in [4.69, 9.17) is 4.43 Å². The van der Waals surface area contributed by atoms with E-state index >= 15 is 0 Å². The minimum absolute atomic E-state index is 0.107. The minimum Gasteiger partial charge on any atom is -0.405 e. The topological polar surface area (TPSA) is 63.2 Å². The van der Waals surface area contributed by atoms with Crippen LogP contribution in [0.15, 0.2) is 36.5 Å². The van der Waals surface area contributed by atoms with Gasteiger partial charge in [-0.3, -0.25) is 0 Å². The molecule has 0 radical (unpaired) electrons. The molecule has 2 aromatic heterocycles. The number of nitriles is 1. The molecule has 26 heavy (non-hydrogen) atoms. The van der Waals surface area contributed by atoms with E-state index in [1.807, 2.05) is 13.0 Å². The molecule has 1 unspecified atom stereocenters. The maximum Gasteiger partial charge on any atom is 0.169 e. The fraction of sp³-hybridized carbons (Fsp3) is 0.350. The van der Waals surface area contributed by atoms with Gasteiger partial charge in [-0.25, -0.2) is 9.50 Å². The highest BCUT2D eigenvalue weighted by Crippen LogP contribution is 2.34. The SMILES string of the molecule is Cc1ccc(-c2c(C(C#N)O[SiH2]C(C)(C)C)c(C)nc3ccnn23)cc1. The zero-order chi connectivity index (χ0) is 18.9. The van der Waals surface area contributed by atoms with Crippen LogP contribution >= 0.6 is 0 Å². The highest BCUT2D eigenvalue weighted by atomic mass is 28.2. The van der Waals surface area contributed by atoms with Gasteiger partial charge in [-0.1, -0.05) is 50.6 Å². The van der Waals surface area contributed by atoms with Gasteiger partial charge in [0.05, 0.1) is 18.0 Å².